The molecule has 0 aromatic heterocycles. The van der Waals surface area contributed by atoms with Crippen LogP contribution in [0.2, 0.25) is 0 Å². The first-order valence-electron chi connectivity index (χ1n) is 7.77. The van der Waals surface area contributed by atoms with E-state index in [4.69, 9.17) is 0 Å². The molecule has 1 aromatic rings. The van der Waals surface area contributed by atoms with Gasteiger partial charge in [-0.25, -0.2) is 16.8 Å². The summed E-state index contributed by atoms with van der Waals surface area (Å²) in [6.07, 6.45) is 4.14. The second kappa shape index (κ2) is 6.16. The van der Waals surface area contributed by atoms with Crippen LogP contribution < -0.4 is 5.32 Å². The lowest BCUT2D eigenvalue weighted by atomic mass is 10.1. The molecule has 2 saturated heterocycles. The first kappa shape index (κ1) is 16.9. The summed E-state index contributed by atoms with van der Waals surface area (Å²) in [5, 5.41) is 3.47. The van der Waals surface area contributed by atoms with Crippen LogP contribution in [0.15, 0.2) is 29.2 Å². The number of rotatable bonds is 4. The average Bonchev–Trinajstić information content (AvgIpc) is 2.76. The standard InChI is InChI=1S/C15H22N2O4S2/c1-22(18,19)11-12-2-6-15(7-3-12)23(20,21)17-9-8-13-4-5-14(10-17)16-13/h2-3,6-7,13-14,16H,4-5,8-11H2,1H3. The van der Waals surface area contributed by atoms with Crippen molar-refractivity contribution in [2.75, 3.05) is 19.3 Å². The van der Waals surface area contributed by atoms with Crippen molar-refractivity contribution in [1.82, 2.24) is 9.62 Å². The Hall–Kier alpha value is -0.960. The zero-order valence-corrected chi connectivity index (χ0v) is 14.7. The predicted molar refractivity (Wildman–Crippen MR) is 88.3 cm³/mol. The minimum atomic E-state index is -3.52. The average molecular weight is 358 g/mol. The number of hydrogen-bond donors (Lipinski definition) is 1. The first-order chi connectivity index (χ1) is 10.7. The van der Waals surface area contributed by atoms with Crippen LogP contribution in [0.1, 0.15) is 24.8 Å². The molecule has 23 heavy (non-hydrogen) atoms. The van der Waals surface area contributed by atoms with E-state index in [1.807, 2.05) is 0 Å². The molecule has 0 radical (unpaired) electrons. The molecule has 1 N–H and O–H groups in total. The summed E-state index contributed by atoms with van der Waals surface area (Å²) in [6.45, 7) is 1.03. The summed E-state index contributed by atoms with van der Waals surface area (Å²) in [5.74, 6) is -0.0787. The van der Waals surface area contributed by atoms with Crippen LogP contribution in [0.5, 0.6) is 0 Å². The van der Waals surface area contributed by atoms with Crippen LogP contribution in [0.4, 0.5) is 0 Å². The van der Waals surface area contributed by atoms with E-state index in [0.717, 1.165) is 25.5 Å². The van der Waals surface area contributed by atoms with Crippen molar-refractivity contribution in [3.63, 3.8) is 0 Å². The van der Waals surface area contributed by atoms with Crippen LogP contribution in [0, 0.1) is 0 Å². The number of nitrogens with zero attached hydrogens (tertiary/aromatic N) is 1. The third-order valence-electron chi connectivity index (χ3n) is 4.48. The molecule has 1 aromatic carbocycles. The van der Waals surface area contributed by atoms with Gasteiger partial charge in [0.25, 0.3) is 0 Å². The van der Waals surface area contributed by atoms with Crippen LogP contribution in [0.3, 0.4) is 0 Å². The zero-order chi connectivity index (χ0) is 16.7. The summed E-state index contributed by atoms with van der Waals surface area (Å²) in [6, 6.07) is 6.84. The SMILES string of the molecule is CS(=O)(=O)Cc1ccc(S(=O)(=O)N2CCC3CCC(C2)N3)cc1. The highest BCUT2D eigenvalue weighted by atomic mass is 32.2. The fourth-order valence-electron chi connectivity index (χ4n) is 3.34. The molecular formula is C15H22N2O4S2. The Labute approximate surface area is 137 Å². The Morgan fingerprint density at radius 3 is 2.35 bits per heavy atom. The van der Waals surface area contributed by atoms with E-state index in [0.29, 0.717) is 24.7 Å². The molecule has 2 aliphatic heterocycles. The second-order valence-electron chi connectivity index (χ2n) is 6.50. The molecule has 0 amide bonds. The van der Waals surface area contributed by atoms with Crippen LogP contribution >= 0.6 is 0 Å². The lowest BCUT2D eigenvalue weighted by Gasteiger charge is -2.23. The molecule has 8 heteroatoms. The molecule has 128 valence electrons. The molecule has 0 spiro atoms. The van der Waals surface area contributed by atoms with E-state index in [9.17, 15) is 16.8 Å². The fourth-order valence-corrected chi connectivity index (χ4v) is 5.64. The second-order valence-corrected chi connectivity index (χ2v) is 10.6. The van der Waals surface area contributed by atoms with Gasteiger partial charge in [0, 0.05) is 31.4 Å². The number of nitrogens with one attached hydrogen (secondary N) is 1. The minimum absolute atomic E-state index is 0.0787. The molecule has 2 heterocycles. The van der Waals surface area contributed by atoms with Gasteiger partial charge in [0.15, 0.2) is 9.84 Å². The highest BCUT2D eigenvalue weighted by Gasteiger charge is 2.34. The fraction of sp³-hybridized carbons (Fsp3) is 0.600. The first-order valence-corrected chi connectivity index (χ1v) is 11.3. The Balaban J connectivity index is 1.79. The van der Waals surface area contributed by atoms with Crippen molar-refractivity contribution in [2.24, 2.45) is 0 Å². The van der Waals surface area contributed by atoms with E-state index >= 15 is 0 Å². The maximum absolute atomic E-state index is 12.8. The molecule has 6 nitrogen and oxygen atoms in total. The number of hydrogen-bond acceptors (Lipinski definition) is 5. The Morgan fingerprint density at radius 2 is 1.70 bits per heavy atom. The summed E-state index contributed by atoms with van der Waals surface area (Å²) in [7, 11) is -6.65. The van der Waals surface area contributed by atoms with Gasteiger partial charge in [-0.1, -0.05) is 12.1 Å². The molecule has 2 atom stereocenters. The van der Waals surface area contributed by atoms with E-state index < -0.39 is 19.9 Å². The van der Waals surface area contributed by atoms with E-state index in [1.165, 1.54) is 12.1 Å². The summed E-state index contributed by atoms with van der Waals surface area (Å²) in [5.41, 5.74) is 0.600. The summed E-state index contributed by atoms with van der Waals surface area (Å²) < 4.78 is 49.8. The van der Waals surface area contributed by atoms with Gasteiger partial charge >= 0.3 is 0 Å². The molecular weight excluding hydrogens is 336 g/mol. The monoisotopic (exact) mass is 358 g/mol. The van der Waals surface area contributed by atoms with Gasteiger partial charge in [-0.2, -0.15) is 4.31 Å². The van der Waals surface area contributed by atoms with Crippen LogP contribution in [0.25, 0.3) is 0 Å². The smallest absolute Gasteiger partial charge is 0.243 e. The van der Waals surface area contributed by atoms with Crippen molar-refractivity contribution in [3.8, 4) is 0 Å². The van der Waals surface area contributed by atoms with Gasteiger partial charge in [-0.15, -0.1) is 0 Å². The predicted octanol–water partition coefficient (Wildman–Crippen LogP) is 0.746. The third kappa shape index (κ3) is 3.93. The Kier molecular flexibility index (Phi) is 4.52. The largest absolute Gasteiger partial charge is 0.310 e. The van der Waals surface area contributed by atoms with Gasteiger partial charge in [-0.05, 0) is 37.0 Å². The number of sulfonamides is 1. The maximum atomic E-state index is 12.8. The quantitative estimate of drug-likeness (QED) is 0.859. The number of benzene rings is 1. The minimum Gasteiger partial charge on any atom is -0.310 e. The third-order valence-corrected chi connectivity index (χ3v) is 7.21. The molecule has 2 unspecified atom stereocenters. The molecule has 2 fully saturated rings. The summed E-state index contributed by atoms with van der Waals surface area (Å²) >= 11 is 0. The highest BCUT2D eigenvalue weighted by molar-refractivity contribution is 7.90. The normalized spacial score (nSPS) is 26.1. The lowest BCUT2D eigenvalue weighted by Crippen LogP contribution is -2.39. The van der Waals surface area contributed by atoms with Crippen molar-refractivity contribution >= 4 is 19.9 Å². The molecule has 0 saturated carbocycles. The van der Waals surface area contributed by atoms with Crippen molar-refractivity contribution in [1.29, 1.82) is 0 Å². The van der Waals surface area contributed by atoms with Crippen molar-refractivity contribution in [3.05, 3.63) is 29.8 Å². The lowest BCUT2D eigenvalue weighted by molar-refractivity contribution is 0.383. The maximum Gasteiger partial charge on any atom is 0.243 e. The molecule has 0 aliphatic carbocycles. The van der Waals surface area contributed by atoms with Crippen LogP contribution in [-0.2, 0) is 25.6 Å². The van der Waals surface area contributed by atoms with Gasteiger partial charge in [0.1, 0.15) is 0 Å². The molecule has 3 rings (SSSR count). The molecule has 2 aliphatic rings. The zero-order valence-electron chi connectivity index (χ0n) is 13.1. The topological polar surface area (TPSA) is 83.5 Å². The van der Waals surface area contributed by atoms with E-state index in [1.54, 1.807) is 16.4 Å². The highest BCUT2D eigenvalue weighted by Crippen LogP contribution is 2.25. The van der Waals surface area contributed by atoms with Gasteiger partial charge in [0.2, 0.25) is 10.0 Å². The number of fused-ring (bicyclic) bond motifs is 2. The summed E-state index contributed by atoms with van der Waals surface area (Å²) in [4.78, 5) is 0.229. The van der Waals surface area contributed by atoms with Crippen LogP contribution in [-0.4, -0.2) is 52.6 Å². The number of sulfone groups is 1. The Bertz CT molecular complexity index is 772. The van der Waals surface area contributed by atoms with Gasteiger partial charge in [0.05, 0.1) is 10.6 Å². The van der Waals surface area contributed by atoms with Crippen molar-refractivity contribution < 1.29 is 16.8 Å². The van der Waals surface area contributed by atoms with Gasteiger partial charge < -0.3 is 5.32 Å². The van der Waals surface area contributed by atoms with E-state index in [2.05, 4.69) is 5.32 Å². The van der Waals surface area contributed by atoms with Gasteiger partial charge in [-0.3, -0.25) is 0 Å². The van der Waals surface area contributed by atoms with Crippen molar-refractivity contribution in [2.45, 2.75) is 42.0 Å². The van der Waals surface area contributed by atoms with E-state index in [-0.39, 0.29) is 16.7 Å². The Morgan fingerprint density at radius 1 is 1.04 bits per heavy atom. The molecule has 2 bridgehead atoms.